The summed E-state index contributed by atoms with van der Waals surface area (Å²) in [5, 5.41) is 0. The van der Waals surface area contributed by atoms with Crippen LogP contribution in [0.15, 0.2) is 72.8 Å². The summed E-state index contributed by atoms with van der Waals surface area (Å²) in [5.74, 6) is 0. The molecular weight excluding hydrogens is 534 g/mol. The fraction of sp³-hybridized carbons (Fsp3) is 0.143. The summed E-state index contributed by atoms with van der Waals surface area (Å²) in [6.45, 7) is 6.62. The van der Waals surface area contributed by atoms with E-state index in [0.29, 0.717) is 0 Å². The molecular formula is C21H21Br2Sb. The van der Waals surface area contributed by atoms with Crippen LogP contribution in [0.1, 0.15) is 16.7 Å². The summed E-state index contributed by atoms with van der Waals surface area (Å²) in [5.41, 5.74) is 3.96. The molecule has 3 aromatic rings. The van der Waals surface area contributed by atoms with Crippen LogP contribution in [0, 0.1) is 20.8 Å². The third kappa shape index (κ3) is 2.81. The van der Waals surface area contributed by atoms with Gasteiger partial charge in [0.2, 0.25) is 0 Å². The van der Waals surface area contributed by atoms with E-state index in [9.17, 15) is 0 Å². The third-order valence-electron chi connectivity index (χ3n) is 4.62. The molecule has 124 valence electrons. The Morgan fingerprint density at radius 2 is 0.750 bits per heavy atom. The molecule has 0 aliphatic heterocycles. The van der Waals surface area contributed by atoms with Crippen molar-refractivity contribution in [3.05, 3.63) is 89.5 Å². The fourth-order valence-electron chi connectivity index (χ4n) is 3.40. The van der Waals surface area contributed by atoms with E-state index < -0.39 is 12.9 Å². The molecule has 0 spiro atoms. The van der Waals surface area contributed by atoms with Crippen molar-refractivity contribution in [1.82, 2.24) is 0 Å². The molecule has 0 atom stereocenters. The Morgan fingerprint density at radius 3 is 1.00 bits per heavy atom. The average Bonchev–Trinajstić information content (AvgIpc) is 2.56. The Hall–Kier alpha value is -0.562. The summed E-state index contributed by atoms with van der Waals surface area (Å²) in [6.07, 6.45) is 0. The first-order valence-corrected chi connectivity index (χ1v) is 23.3. The number of aryl methyl sites for hydroxylation is 3. The van der Waals surface area contributed by atoms with Gasteiger partial charge in [-0.1, -0.05) is 0 Å². The fourth-order valence-corrected chi connectivity index (χ4v) is 30.6. The van der Waals surface area contributed by atoms with Crippen LogP contribution >= 0.6 is 25.2 Å². The molecule has 0 bridgehead atoms. The Kier molecular flexibility index (Phi) is 5.04. The monoisotopic (exact) mass is 552 g/mol. The van der Waals surface area contributed by atoms with Crippen LogP contribution in [0.2, 0.25) is 0 Å². The Labute approximate surface area is 157 Å². The molecule has 0 aromatic heterocycles. The quantitative estimate of drug-likeness (QED) is 0.407. The predicted molar refractivity (Wildman–Crippen MR) is 116 cm³/mol. The van der Waals surface area contributed by atoms with Crippen LogP contribution in [0.3, 0.4) is 0 Å². The summed E-state index contributed by atoms with van der Waals surface area (Å²) in [6, 6.07) is 26.2. The summed E-state index contributed by atoms with van der Waals surface area (Å²) in [4.78, 5) is 0. The first kappa shape index (κ1) is 18.2. The average molecular weight is 555 g/mol. The molecule has 0 fully saturated rings. The van der Waals surface area contributed by atoms with E-state index in [-0.39, 0.29) is 0 Å². The van der Waals surface area contributed by atoms with Gasteiger partial charge in [-0.25, -0.2) is 0 Å². The van der Waals surface area contributed by atoms with Gasteiger partial charge in [0.1, 0.15) is 0 Å². The topological polar surface area (TPSA) is 0 Å². The van der Waals surface area contributed by atoms with E-state index in [1.807, 2.05) is 0 Å². The molecule has 0 amide bonds. The second-order valence-electron chi connectivity index (χ2n) is 6.27. The zero-order chi connectivity index (χ0) is 17.4. The number of halogens is 2. The van der Waals surface area contributed by atoms with Gasteiger partial charge >= 0.3 is 159 Å². The second-order valence-corrected chi connectivity index (χ2v) is 41.0. The maximum atomic E-state index is 4.38. The van der Waals surface area contributed by atoms with Crippen molar-refractivity contribution in [3.63, 3.8) is 0 Å². The van der Waals surface area contributed by atoms with Crippen LogP contribution in [-0.4, -0.2) is 12.9 Å². The summed E-state index contributed by atoms with van der Waals surface area (Å²) < 4.78 is 4.19. The molecule has 0 saturated heterocycles. The molecule has 0 saturated carbocycles. The molecule has 24 heavy (non-hydrogen) atoms. The number of hydrogen-bond donors (Lipinski definition) is 0. The van der Waals surface area contributed by atoms with E-state index >= 15 is 0 Å². The molecule has 0 unspecified atom stereocenters. The third-order valence-corrected chi connectivity index (χ3v) is 31.5. The van der Waals surface area contributed by atoms with Gasteiger partial charge in [-0.15, -0.1) is 0 Å². The first-order chi connectivity index (χ1) is 11.4. The van der Waals surface area contributed by atoms with Crippen molar-refractivity contribution in [1.29, 1.82) is 0 Å². The van der Waals surface area contributed by atoms with Crippen molar-refractivity contribution in [3.8, 4) is 0 Å². The Balaban J connectivity index is 2.50. The maximum absolute atomic E-state index is 4.38. The summed E-state index contributed by atoms with van der Waals surface area (Å²) in [7, 11) is 0. The molecule has 3 aromatic carbocycles. The predicted octanol–water partition coefficient (Wildman–Crippen LogP) is 4.82. The number of rotatable bonds is 3. The molecule has 0 aliphatic rings. The Bertz CT molecular complexity index is 782. The van der Waals surface area contributed by atoms with Gasteiger partial charge in [0, 0.05) is 0 Å². The van der Waals surface area contributed by atoms with Crippen molar-refractivity contribution in [2.24, 2.45) is 0 Å². The van der Waals surface area contributed by atoms with Crippen LogP contribution in [0.25, 0.3) is 0 Å². The number of benzene rings is 3. The first-order valence-electron chi connectivity index (χ1n) is 7.99. The second kappa shape index (κ2) is 6.63. The van der Waals surface area contributed by atoms with Gasteiger partial charge in [0.05, 0.1) is 0 Å². The van der Waals surface area contributed by atoms with Gasteiger partial charge in [0.25, 0.3) is 0 Å². The van der Waals surface area contributed by atoms with E-state index in [2.05, 4.69) is 119 Å². The molecule has 0 radical (unpaired) electrons. The number of hydrogen-bond acceptors (Lipinski definition) is 0. The molecule has 3 heteroatoms. The van der Waals surface area contributed by atoms with Crippen LogP contribution in [0.4, 0.5) is 0 Å². The molecule has 0 nitrogen and oxygen atoms in total. The van der Waals surface area contributed by atoms with Gasteiger partial charge in [-0.3, -0.25) is 0 Å². The van der Waals surface area contributed by atoms with Crippen molar-refractivity contribution >= 4 is 48.6 Å². The van der Waals surface area contributed by atoms with Crippen molar-refractivity contribution in [2.45, 2.75) is 20.8 Å². The van der Waals surface area contributed by atoms with Gasteiger partial charge in [-0.05, 0) is 0 Å². The minimum absolute atomic E-state index is 1.32. The van der Waals surface area contributed by atoms with Crippen LogP contribution < -0.4 is 10.5 Å². The minimum atomic E-state index is -3.92. The SMILES string of the molecule is Cc1cccc[c]1[Sb]([Br])([Br])([c]1ccccc1C)[c]1ccccc1C. The molecule has 3 rings (SSSR count). The Morgan fingerprint density at radius 1 is 0.500 bits per heavy atom. The van der Waals surface area contributed by atoms with Gasteiger partial charge < -0.3 is 0 Å². The normalized spacial score (nSPS) is 13.3. The van der Waals surface area contributed by atoms with Crippen LogP contribution in [-0.2, 0) is 0 Å². The van der Waals surface area contributed by atoms with E-state index in [1.165, 1.54) is 27.2 Å². The van der Waals surface area contributed by atoms with E-state index in [0.717, 1.165) is 0 Å². The standard InChI is InChI=1S/3C7H7.2BrH.Sb/c3*1-7-5-3-2-4-6-7;;;/h3*2-5H,1H3;2*1H;/q;;;;;+2/p-2. The molecule has 0 N–H and O–H groups in total. The summed E-state index contributed by atoms with van der Waals surface area (Å²) >= 11 is 4.85. The van der Waals surface area contributed by atoms with E-state index in [4.69, 9.17) is 0 Å². The van der Waals surface area contributed by atoms with Crippen LogP contribution in [0.5, 0.6) is 0 Å². The van der Waals surface area contributed by atoms with Crippen molar-refractivity contribution < 1.29 is 0 Å². The van der Waals surface area contributed by atoms with E-state index in [1.54, 1.807) is 0 Å². The van der Waals surface area contributed by atoms with Gasteiger partial charge in [-0.2, -0.15) is 0 Å². The van der Waals surface area contributed by atoms with Gasteiger partial charge in [0.15, 0.2) is 0 Å². The molecule has 0 aliphatic carbocycles. The molecule has 0 heterocycles. The zero-order valence-electron chi connectivity index (χ0n) is 14.1. The zero-order valence-corrected chi connectivity index (χ0v) is 19.9. The van der Waals surface area contributed by atoms with Crippen molar-refractivity contribution in [2.75, 3.05) is 0 Å².